The molecule has 0 fully saturated rings. The molecule has 5 rings (SSSR count). The summed E-state index contributed by atoms with van der Waals surface area (Å²) in [6.45, 7) is 4.44. The van der Waals surface area contributed by atoms with Gasteiger partial charge in [0.15, 0.2) is 17.4 Å². The molecule has 4 aromatic rings. The third kappa shape index (κ3) is 5.10. The summed E-state index contributed by atoms with van der Waals surface area (Å²) in [6, 6.07) is 5.54. The Hall–Kier alpha value is -4.78. The number of carbonyl (C=O) groups excluding carboxylic acids is 1. The summed E-state index contributed by atoms with van der Waals surface area (Å²) in [7, 11) is 0. The Morgan fingerprint density at radius 2 is 1.82 bits per heavy atom. The summed E-state index contributed by atoms with van der Waals surface area (Å²) >= 11 is 0. The Morgan fingerprint density at radius 3 is 2.55 bits per heavy atom. The van der Waals surface area contributed by atoms with Crippen LogP contribution < -0.4 is 26.6 Å². The highest BCUT2D eigenvalue weighted by molar-refractivity contribution is 6.04. The molecule has 206 valence electrons. The van der Waals surface area contributed by atoms with Crippen LogP contribution in [-0.2, 0) is 13.0 Å². The number of hydrogen-bond acceptors (Lipinski definition) is 7. The molecule has 1 amide bonds. The van der Waals surface area contributed by atoms with E-state index in [1.165, 1.54) is 18.5 Å². The SMILES string of the molecule is CC(C)n1cc(C(=O)Nc2cc(F)c(Oc3ncnc4c3CCNC4)cc2F)c(=O)n(-c2ccc(F)cc2)c1=O. The zero-order chi connectivity index (χ0) is 28.6. The lowest BCUT2D eigenvalue weighted by Gasteiger charge is -2.18. The van der Waals surface area contributed by atoms with Crippen molar-refractivity contribution in [3.63, 3.8) is 0 Å². The van der Waals surface area contributed by atoms with Crippen molar-refractivity contribution in [2.75, 3.05) is 11.9 Å². The number of fused-ring (bicyclic) bond motifs is 1. The van der Waals surface area contributed by atoms with E-state index in [0.29, 0.717) is 41.4 Å². The number of halogens is 3. The van der Waals surface area contributed by atoms with E-state index in [9.17, 15) is 23.2 Å². The zero-order valence-electron chi connectivity index (χ0n) is 21.4. The molecule has 0 saturated carbocycles. The number of nitrogens with one attached hydrogen (secondary N) is 2. The molecular formula is C27H23F3N6O4. The lowest BCUT2D eigenvalue weighted by atomic mass is 10.1. The van der Waals surface area contributed by atoms with E-state index in [-0.39, 0.29) is 11.6 Å². The number of anilines is 1. The van der Waals surface area contributed by atoms with Crippen LogP contribution in [0.1, 0.15) is 41.5 Å². The molecule has 0 atom stereocenters. The highest BCUT2D eigenvalue weighted by Crippen LogP contribution is 2.31. The summed E-state index contributed by atoms with van der Waals surface area (Å²) in [5.41, 5.74) is -1.45. The first kappa shape index (κ1) is 26.8. The fourth-order valence-corrected chi connectivity index (χ4v) is 4.25. The van der Waals surface area contributed by atoms with Gasteiger partial charge in [0.25, 0.3) is 11.5 Å². The van der Waals surface area contributed by atoms with Gasteiger partial charge in [0.2, 0.25) is 5.88 Å². The Bertz CT molecular complexity index is 1730. The van der Waals surface area contributed by atoms with Gasteiger partial charge in [-0.1, -0.05) is 0 Å². The van der Waals surface area contributed by atoms with E-state index < -0.39 is 57.7 Å². The van der Waals surface area contributed by atoms with Gasteiger partial charge < -0.3 is 15.4 Å². The molecule has 1 aliphatic rings. The lowest BCUT2D eigenvalue weighted by molar-refractivity contribution is 0.102. The zero-order valence-corrected chi connectivity index (χ0v) is 21.4. The topological polar surface area (TPSA) is 120 Å². The smallest absolute Gasteiger partial charge is 0.335 e. The third-order valence-electron chi connectivity index (χ3n) is 6.32. The van der Waals surface area contributed by atoms with E-state index in [1.807, 2.05) is 0 Å². The van der Waals surface area contributed by atoms with Gasteiger partial charge in [0.05, 0.1) is 17.1 Å². The molecule has 3 heterocycles. The van der Waals surface area contributed by atoms with Gasteiger partial charge in [-0.25, -0.2) is 32.5 Å². The van der Waals surface area contributed by atoms with Crippen molar-refractivity contribution in [3.05, 3.63) is 104 Å². The minimum Gasteiger partial charge on any atom is -0.435 e. The maximum absolute atomic E-state index is 15.0. The van der Waals surface area contributed by atoms with Gasteiger partial charge in [-0.05, 0) is 51.1 Å². The average Bonchev–Trinajstić information content (AvgIpc) is 2.92. The molecule has 2 aromatic carbocycles. The Kier molecular flexibility index (Phi) is 7.22. The standard InChI is InChI=1S/C27H23F3N6O4/c1-14(2)35-12-18(26(38)36(27(35)39)16-5-3-15(28)4-6-16)24(37)34-21-9-20(30)23(10-19(21)29)40-25-17-7-8-31-11-22(17)32-13-33-25/h3-6,9-10,12-14,31H,7-8,11H2,1-2H3,(H,34,37). The van der Waals surface area contributed by atoms with Crippen LogP contribution in [0.2, 0.25) is 0 Å². The molecule has 0 unspecified atom stereocenters. The van der Waals surface area contributed by atoms with Gasteiger partial charge >= 0.3 is 5.69 Å². The number of aromatic nitrogens is 4. The number of carbonyl (C=O) groups is 1. The number of nitrogens with zero attached hydrogens (tertiary/aromatic N) is 4. The fourth-order valence-electron chi connectivity index (χ4n) is 4.25. The summed E-state index contributed by atoms with van der Waals surface area (Å²) in [4.78, 5) is 47.5. The average molecular weight is 553 g/mol. The molecule has 0 aliphatic carbocycles. The predicted octanol–water partition coefficient (Wildman–Crippen LogP) is 3.48. The molecule has 0 radical (unpaired) electrons. The van der Waals surface area contributed by atoms with Gasteiger partial charge in [-0.15, -0.1) is 0 Å². The maximum Gasteiger partial charge on any atom is 0.335 e. The number of rotatable bonds is 6. The number of benzene rings is 2. The number of ether oxygens (including phenoxy) is 1. The van der Waals surface area contributed by atoms with Crippen molar-refractivity contribution in [1.82, 2.24) is 24.4 Å². The maximum atomic E-state index is 15.0. The van der Waals surface area contributed by atoms with E-state index in [4.69, 9.17) is 4.74 Å². The third-order valence-corrected chi connectivity index (χ3v) is 6.32. The predicted molar refractivity (Wildman–Crippen MR) is 138 cm³/mol. The molecule has 0 spiro atoms. The Morgan fingerprint density at radius 1 is 1.07 bits per heavy atom. The van der Waals surface area contributed by atoms with Gasteiger partial charge in [0.1, 0.15) is 17.7 Å². The van der Waals surface area contributed by atoms with Crippen LogP contribution >= 0.6 is 0 Å². The van der Waals surface area contributed by atoms with E-state index in [0.717, 1.165) is 29.0 Å². The molecule has 2 aromatic heterocycles. The van der Waals surface area contributed by atoms with Crippen LogP contribution in [0.15, 0.2) is 58.5 Å². The second-order valence-corrected chi connectivity index (χ2v) is 9.29. The van der Waals surface area contributed by atoms with Crippen LogP contribution in [0.25, 0.3) is 5.69 Å². The van der Waals surface area contributed by atoms with Crippen LogP contribution in [0, 0.1) is 17.5 Å². The minimum absolute atomic E-state index is 0.0295. The largest absolute Gasteiger partial charge is 0.435 e. The summed E-state index contributed by atoms with van der Waals surface area (Å²) in [5.74, 6) is -4.06. The van der Waals surface area contributed by atoms with Gasteiger partial charge in [-0.2, -0.15) is 0 Å². The first-order valence-electron chi connectivity index (χ1n) is 12.3. The number of amides is 1. The monoisotopic (exact) mass is 552 g/mol. The molecule has 40 heavy (non-hydrogen) atoms. The quantitative estimate of drug-likeness (QED) is 0.376. The van der Waals surface area contributed by atoms with E-state index in [1.54, 1.807) is 13.8 Å². The minimum atomic E-state index is -1.08. The van der Waals surface area contributed by atoms with Gasteiger partial charge in [0, 0.05) is 36.5 Å². The summed E-state index contributed by atoms with van der Waals surface area (Å²) < 4.78 is 50.8. The molecule has 2 N–H and O–H groups in total. The van der Waals surface area contributed by atoms with Crippen molar-refractivity contribution in [1.29, 1.82) is 0 Å². The highest BCUT2D eigenvalue weighted by Gasteiger charge is 2.23. The highest BCUT2D eigenvalue weighted by atomic mass is 19.1. The Balaban J connectivity index is 1.48. The number of hydrogen-bond donors (Lipinski definition) is 2. The molecule has 13 heteroatoms. The van der Waals surface area contributed by atoms with Gasteiger partial charge in [-0.3, -0.25) is 14.2 Å². The lowest BCUT2D eigenvalue weighted by Crippen LogP contribution is -2.42. The van der Waals surface area contributed by atoms with Crippen molar-refractivity contribution in [2.24, 2.45) is 0 Å². The molecule has 10 nitrogen and oxygen atoms in total. The summed E-state index contributed by atoms with van der Waals surface area (Å²) in [5, 5.41) is 5.34. The van der Waals surface area contributed by atoms with Crippen molar-refractivity contribution >= 4 is 11.6 Å². The first-order chi connectivity index (χ1) is 19.1. The van der Waals surface area contributed by atoms with E-state index in [2.05, 4.69) is 20.6 Å². The first-order valence-corrected chi connectivity index (χ1v) is 12.3. The molecule has 0 saturated heterocycles. The fraction of sp³-hybridized carbons (Fsp3) is 0.222. The molecule has 0 bridgehead atoms. The summed E-state index contributed by atoms with van der Waals surface area (Å²) in [6.07, 6.45) is 2.85. The van der Waals surface area contributed by atoms with Crippen LogP contribution in [0.4, 0.5) is 18.9 Å². The van der Waals surface area contributed by atoms with Crippen molar-refractivity contribution < 1.29 is 22.7 Å². The van der Waals surface area contributed by atoms with Crippen LogP contribution in [-0.4, -0.2) is 31.6 Å². The second kappa shape index (κ2) is 10.8. The Labute approximate surface area is 225 Å². The van der Waals surface area contributed by atoms with Crippen molar-refractivity contribution in [2.45, 2.75) is 32.9 Å². The van der Waals surface area contributed by atoms with Crippen molar-refractivity contribution in [3.8, 4) is 17.3 Å². The van der Waals surface area contributed by atoms with E-state index >= 15 is 4.39 Å². The van der Waals surface area contributed by atoms with Crippen LogP contribution in [0.3, 0.4) is 0 Å². The normalized spacial score (nSPS) is 12.8. The molecular weight excluding hydrogens is 529 g/mol. The van der Waals surface area contributed by atoms with Crippen LogP contribution in [0.5, 0.6) is 11.6 Å². The molecule has 1 aliphatic heterocycles. The second-order valence-electron chi connectivity index (χ2n) is 9.29.